The lowest BCUT2D eigenvalue weighted by Gasteiger charge is -2.09. The number of Topliss-reactive ketones (excluding diaryl/α,β-unsaturated/α-hetero) is 1. The predicted octanol–water partition coefficient (Wildman–Crippen LogP) is 4.92. The second-order valence-corrected chi connectivity index (χ2v) is 4.86. The highest BCUT2D eigenvalue weighted by Crippen LogP contribution is 2.32. The molecule has 0 radical (unpaired) electrons. The van der Waals surface area contributed by atoms with Gasteiger partial charge in [-0.1, -0.05) is 23.7 Å². The smallest absolute Gasteiger partial charge is 0.294 e. The molecule has 0 aliphatic heterocycles. The van der Waals surface area contributed by atoms with Crippen molar-refractivity contribution in [1.29, 1.82) is 0 Å². The molecule has 0 unspecified atom stereocenters. The van der Waals surface area contributed by atoms with Crippen molar-refractivity contribution in [3.8, 4) is 0 Å². The molecule has 2 aromatic rings. The first-order valence-electron chi connectivity index (χ1n) is 5.92. The SMILES string of the molecule is O=C(Cc1cccc(Cl)c1)c1ccc(F)c(C(F)(F)F)c1. The molecule has 21 heavy (non-hydrogen) atoms. The van der Waals surface area contributed by atoms with Crippen LogP contribution < -0.4 is 0 Å². The molecule has 0 N–H and O–H groups in total. The van der Waals surface area contributed by atoms with Gasteiger partial charge < -0.3 is 0 Å². The van der Waals surface area contributed by atoms with Gasteiger partial charge in [-0.25, -0.2) is 4.39 Å². The summed E-state index contributed by atoms with van der Waals surface area (Å²) in [7, 11) is 0. The van der Waals surface area contributed by atoms with E-state index in [1.807, 2.05) is 0 Å². The summed E-state index contributed by atoms with van der Waals surface area (Å²) in [6, 6.07) is 8.66. The van der Waals surface area contributed by atoms with Crippen LogP contribution in [0.2, 0.25) is 5.02 Å². The van der Waals surface area contributed by atoms with E-state index in [0.717, 1.165) is 6.07 Å². The number of hydrogen-bond donors (Lipinski definition) is 0. The topological polar surface area (TPSA) is 17.1 Å². The lowest BCUT2D eigenvalue weighted by Crippen LogP contribution is -2.11. The number of carbonyl (C=O) groups is 1. The molecule has 6 heteroatoms. The highest BCUT2D eigenvalue weighted by molar-refractivity contribution is 6.30. The van der Waals surface area contributed by atoms with Gasteiger partial charge in [0.2, 0.25) is 0 Å². The molecule has 0 saturated carbocycles. The first-order chi connectivity index (χ1) is 9.77. The Hall–Kier alpha value is -1.88. The standard InChI is InChI=1S/C15H9ClF4O/c16-11-3-1-2-9(6-11)7-14(21)10-4-5-13(17)12(8-10)15(18,19)20/h1-6,8H,7H2. The maximum absolute atomic E-state index is 13.2. The molecule has 0 aliphatic carbocycles. The summed E-state index contributed by atoms with van der Waals surface area (Å²) in [6.45, 7) is 0. The van der Waals surface area contributed by atoms with E-state index in [1.165, 1.54) is 0 Å². The second kappa shape index (κ2) is 5.85. The summed E-state index contributed by atoms with van der Waals surface area (Å²) in [4.78, 5) is 12.0. The van der Waals surface area contributed by atoms with E-state index in [2.05, 4.69) is 0 Å². The zero-order valence-electron chi connectivity index (χ0n) is 10.5. The molecule has 2 rings (SSSR count). The van der Waals surface area contributed by atoms with Crippen LogP contribution in [0.4, 0.5) is 17.6 Å². The Morgan fingerprint density at radius 1 is 1.10 bits per heavy atom. The van der Waals surface area contributed by atoms with Crippen molar-refractivity contribution in [3.05, 3.63) is 70.0 Å². The summed E-state index contributed by atoms with van der Waals surface area (Å²) >= 11 is 5.77. The number of ketones is 1. The predicted molar refractivity (Wildman–Crippen MR) is 70.9 cm³/mol. The average molecular weight is 317 g/mol. The zero-order valence-corrected chi connectivity index (χ0v) is 11.3. The minimum absolute atomic E-state index is 0.108. The van der Waals surface area contributed by atoms with Gasteiger partial charge in [-0.05, 0) is 35.9 Å². The molecule has 110 valence electrons. The highest BCUT2D eigenvalue weighted by atomic mass is 35.5. The van der Waals surface area contributed by atoms with Gasteiger partial charge in [0, 0.05) is 17.0 Å². The molecule has 0 atom stereocenters. The number of benzene rings is 2. The Labute approximate surface area is 123 Å². The zero-order chi connectivity index (χ0) is 15.6. The third kappa shape index (κ3) is 3.82. The first-order valence-corrected chi connectivity index (χ1v) is 6.29. The molecule has 2 aromatic carbocycles. The summed E-state index contributed by atoms with van der Waals surface area (Å²) in [5, 5.41) is 0.426. The number of hydrogen-bond acceptors (Lipinski definition) is 1. The van der Waals surface area contributed by atoms with Gasteiger partial charge in [-0.3, -0.25) is 4.79 Å². The molecule has 0 aromatic heterocycles. The Balaban J connectivity index is 2.28. The summed E-state index contributed by atoms with van der Waals surface area (Å²) < 4.78 is 51.0. The molecule has 1 nitrogen and oxygen atoms in total. The number of halogens is 5. The molecule has 0 saturated heterocycles. The Kier molecular flexibility index (Phi) is 4.32. The van der Waals surface area contributed by atoms with Gasteiger partial charge in [0.15, 0.2) is 5.78 Å². The third-order valence-electron chi connectivity index (χ3n) is 2.85. The van der Waals surface area contributed by atoms with E-state index < -0.39 is 23.3 Å². The van der Waals surface area contributed by atoms with Crippen LogP contribution in [-0.2, 0) is 12.6 Å². The van der Waals surface area contributed by atoms with E-state index in [9.17, 15) is 22.4 Å². The van der Waals surface area contributed by atoms with Gasteiger partial charge in [-0.15, -0.1) is 0 Å². The lowest BCUT2D eigenvalue weighted by molar-refractivity contribution is -0.140. The number of alkyl halides is 3. The van der Waals surface area contributed by atoms with Crippen LogP contribution in [0.15, 0.2) is 42.5 Å². The molecule has 0 bridgehead atoms. The van der Waals surface area contributed by atoms with Crippen LogP contribution in [0.3, 0.4) is 0 Å². The largest absolute Gasteiger partial charge is 0.419 e. The summed E-state index contributed by atoms with van der Waals surface area (Å²) in [5.74, 6) is -1.94. The normalized spacial score (nSPS) is 11.5. The lowest BCUT2D eigenvalue weighted by atomic mass is 10.0. The van der Waals surface area contributed by atoms with E-state index in [4.69, 9.17) is 11.6 Å². The fraction of sp³-hybridized carbons (Fsp3) is 0.133. The van der Waals surface area contributed by atoms with Crippen LogP contribution in [0.1, 0.15) is 21.5 Å². The molecule has 0 amide bonds. The van der Waals surface area contributed by atoms with E-state index >= 15 is 0 Å². The monoisotopic (exact) mass is 316 g/mol. The Morgan fingerprint density at radius 2 is 1.81 bits per heavy atom. The van der Waals surface area contributed by atoms with E-state index in [1.54, 1.807) is 24.3 Å². The molecule has 0 spiro atoms. The Bertz CT molecular complexity index is 680. The van der Waals surface area contributed by atoms with Gasteiger partial charge in [-0.2, -0.15) is 13.2 Å². The molecular weight excluding hydrogens is 308 g/mol. The average Bonchev–Trinajstić information content (AvgIpc) is 2.37. The molecule has 0 fully saturated rings. The summed E-state index contributed by atoms with van der Waals surface area (Å²) in [5.41, 5.74) is -1.06. The number of rotatable bonds is 3. The first kappa shape index (κ1) is 15.5. The van der Waals surface area contributed by atoms with E-state index in [-0.39, 0.29) is 12.0 Å². The van der Waals surface area contributed by atoms with Crippen molar-refractivity contribution >= 4 is 17.4 Å². The van der Waals surface area contributed by atoms with Crippen LogP contribution in [0.5, 0.6) is 0 Å². The maximum Gasteiger partial charge on any atom is 0.419 e. The van der Waals surface area contributed by atoms with Crippen molar-refractivity contribution in [1.82, 2.24) is 0 Å². The van der Waals surface area contributed by atoms with Gasteiger partial charge in [0.25, 0.3) is 0 Å². The maximum atomic E-state index is 13.2. The van der Waals surface area contributed by atoms with Crippen molar-refractivity contribution in [2.45, 2.75) is 12.6 Å². The summed E-state index contributed by atoms with van der Waals surface area (Å²) in [6.07, 6.45) is -4.94. The number of carbonyl (C=O) groups excluding carboxylic acids is 1. The van der Waals surface area contributed by atoms with Crippen molar-refractivity contribution < 1.29 is 22.4 Å². The molecule has 0 heterocycles. The Morgan fingerprint density at radius 3 is 2.43 bits per heavy atom. The fourth-order valence-corrected chi connectivity index (χ4v) is 2.06. The second-order valence-electron chi connectivity index (χ2n) is 4.42. The third-order valence-corrected chi connectivity index (χ3v) is 3.08. The van der Waals surface area contributed by atoms with Crippen molar-refractivity contribution in [2.75, 3.05) is 0 Å². The van der Waals surface area contributed by atoms with Crippen LogP contribution in [0, 0.1) is 5.82 Å². The molecule has 0 aliphatic rings. The van der Waals surface area contributed by atoms with Crippen molar-refractivity contribution in [3.63, 3.8) is 0 Å². The molecular formula is C15H9ClF4O. The fourth-order valence-electron chi connectivity index (χ4n) is 1.85. The van der Waals surface area contributed by atoms with Gasteiger partial charge in [0.05, 0.1) is 5.56 Å². The minimum atomic E-state index is -4.84. The van der Waals surface area contributed by atoms with Gasteiger partial charge >= 0.3 is 6.18 Å². The quantitative estimate of drug-likeness (QED) is 0.580. The highest BCUT2D eigenvalue weighted by Gasteiger charge is 2.34. The van der Waals surface area contributed by atoms with E-state index in [0.29, 0.717) is 22.7 Å². The van der Waals surface area contributed by atoms with Crippen LogP contribution in [-0.4, -0.2) is 5.78 Å². The van der Waals surface area contributed by atoms with Gasteiger partial charge in [0.1, 0.15) is 5.82 Å². The minimum Gasteiger partial charge on any atom is -0.294 e. The van der Waals surface area contributed by atoms with Crippen molar-refractivity contribution in [2.24, 2.45) is 0 Å². The van der Waals surface area contributed by atoms with Crippen LogP contribution in [0.25, 0.3) is 0 Å². The van der Waals surface area contributed by atoms with Crippen LogP contribution >= 0.6 is 11.6 Å².